The Hall–Kier alpha value is 1.18. The summed E-state index contributed by atoms with van der Waals surface area (Å²) in [5.74, 6) is 0. The molecule has 0 saturated heterocycles. The van der Waals surface area contributed by atoms with Gasteiger partial charge in [0.1, 0.15) is 0 Å². The Labute approximate surface area is 138 Å². The van der Waals surface area contributed by atoms with Gasteiger partial charge in [-0.2, -0.15) is 0 Å². The first-order valence-corrected chi connectivity index (χ1v) is 11.1. The van der Waals surface area contributed by atoms with Crippen LogP contribution in [0.2, 0.25) is 0 Å². The van der Waals surface area contributed by atoms with Gasteiger partial charge in [-0.05, 0) is 0 Å². The fraction of sp³-hybridized carbons (Fsp3) is 0.714. The summed E-state index contributed by atoms with van der Waals surface area (Å²) in [6.45, 7) is 2.28. The van der Waals surface area contributed by atoms with Crippen LogP contribution in [0.15, 0.2) is 10.8 Å². The number of halogens is 2. The van der Waals surface area contributed by atoms with Gasteiger partial charge in [0.25, 0.3) is 0 Å². The molecule has 1 aromatic heterocycles. The molecule has 1 aliphatic heterocycles. The maximum absolute atomic E-state index is 4.04. The first kappa shape index (κ1) is 15.6. The summed E-state index contributed by atoms with van der Waals surface area (Å²) < 4.78 is 1.95. The van der Waals surface area contributed by atoms with Crippen LogP contribution in [0.25, 0.3) is 0 Å². The number of rotatable bonds is 7. The van der Waals surface area contributed by atoms with Gasteiger partial charge >= 0.3 is 139 Å². The average molecular weight is 459 g/mol. The molecule has 0 nitrogen and oxygen atoms in total. The molecule has 0 amide bonds. The van der Waals surface area contributed by atoms with Crippen LogP contribution in [0.3, 0.4) is 0 Å². The number of thiophene rings is 1. The van der Waals surface area contributed by atoms with Crippen LogP contribution in [0.4, 0.5) is 0 Å². The zero-order valence-corrected chi connectivity index (χ0v) is 16.5. The molecule has 0 N–H and O–H groups in total. The van der Waals surface area contributed by atoms with Crippen molar-refractivity contribution in [2.45, 2.75) is 59.9 Å². The normalized spacial score (nSPS) is 26.5. The Kier molecular flexibility index (Phi) is 6.28. The van der Waals surface area contributed by atoms with Crippen LogP contribution in [-0.2, 0) is 0 Å². The molecule has 102 valence electrons. The van der Waals surface area contributed by atoms with Gasteiger partial charge in [-0.1, -0.05) is 0 Å². The van der Waals surface area contributed by atoms with Crippen molar-refractivity contribution in [1.82, 2.24) is 0 Å². The van der Waals surface area contributed by atoms with Gasteiger partial charge in [0.05, 0.1) is 0 Å². The molecule has 0 spiro atoms. The van der Waals surface area contributed by atoms with E-state index in [1.54, 1.807) is 10.0 Å². The SMILES string of the molecule is CCCCCCCCC1(Br)[Se]c2cscc2C1Br. The topological polar surface area (TPSA) is 0 Å². The maximum atomic E-state index is 4.04. The van der Waals surface area contributed by atoms with E-state index in [0.717, 1.165) is 0 Å². The summed E-state index contributed by atoms with van der Waals surface area (Å²) in [7, 11) is 0. The van der Waals surface area contributed by atoms with Crippen LogP contribution in [-0.4, -0.2) is 18.2 Å². The fourth-order valence-corrected chi connectivity index (χ4v) is 9.39. The molecule has 1 aliphatic rings. The summed E-state index contributed by atoms with van der Waals surface area (Å²) in [5.41, 5.74) is 1.54. The third-order valence-corrected chi connectivity index (χ3v) is 11.7. The molecule has 0 saturated carbocycles. The van der Waals surface area contributed by atoms with E-state index in [1.807, 2.05) is 11.3 Å². The molecule has 1 aromatic rings. The van der Waals surface area contributed by atoms with E-state index < -0.39 is 0 Å². The van der Waals surface area contributed by atoms with Crippen molar-refractivity contribution in [2.24, 2.45) is 0 Å². The van der Waals surface area contributed by atoms with E-state index in [0.29, 0.717) is 23.0 Å². The molecule has 2 atom stereocenters. The summed E-state index contributed by atoms with van der Waals surface area (Å²) >= 11 is 10.4. The number of unbranched alkanes of at least 4 members (excludes halogenated alkanes) is 5. The molecule has 0 bridgehead atoms. The molecule has 0 aromatic carbocycles. The molecule has 2 rings (SSSR count). The first-order chi connectivity index (χ1) is 8.67. The van der Waals surface area contributed by atoms with Gasteiger partial charge in [-0.3, -0.25) is 0 Å². The number of hydrogen-bond acceptors (Lipinski definition) is 1. The predicted octanol–water partition coefficient (Wildman–Crippen LogP) is 5.37. The number of fused-ring (bicyclic) bond motifs is 1. The van der Waals surface area contributed by atoms with Crippen molar-refractivity contribution in [3.05, 3.63) is 16.3 Å². The molecule has 18 heavy (non-hydrogen) atoms. The molecule has 0 fully saturated rings. The quantitative estimate of drug-likeness (QED) is 0.292. The molecule has 0 radical (unpaired) electrons. The van der Waals surface area contributed by atoms with Crippen LogP contribution in [0.5, 0.6) is 0 Å². The molecule has 2 unspecified atom stereocenters. The van der Waals surface area contributed by atoms with Crippen LogP contribution < -0.4 is 4.46 Å². The average Bonchev–Trinajstić information content (AvgIpc) is 2.88. The van der Waals surface area contributed by atoms with Gasteiger partial charge < -0.3 is 0 Å². The zero-order valence-electron chi connectivity index (χ0n) is 10.8. The van der Waals surface area contributed by atoms with Gasteiger partial charge in [0.2, 0.25) is 0 Å². The molecule has 0 aliphatic carbocycles. The van der Waals surface area contributed by atoms with Gasteiger partial charge in [0, 0.05) is 0 Å². The summed E-state index contributed by atoms with van der Waals surface area (Å²) in [4.78, 5) is 0.530. The van der Waals surface area contributed by atoms with Crippen LogP contribution in [0.1, 0.15) is 62.3 Å². The standard InChI is InChI=1S/C14H20Br2SSe/c1-2-3-4-5-6-7-8-14(16)13(15)11-9-17-10-12(11)18-14/h9-10,13H,2-8H2,1H3. The van der Waals surface area contributed by atoms with Crippen molar-refractivity contribution >= 4 is 62.6 Å². The van der Waals surface area contributed by atoms with Gasteiger partial charge in [-0.25, -0.2) is 0 Å². The summed E-state index contributed by atoms with van der Waals surface area (Å²) in [5, 5.41) is 4.66. The first-order valence-electron chi connectivity index (χ1n) is 6.75. The zero-order chi connectivity index (χ0) is 13.0. The minimum absolute atomic E-state index is 0.337. The van der Waals surface area contributed by atoms with Crippen LogP contribution >= 0.6 is 43.2 Å². The monoisotopic (exact) mass is 458 g/mol. The van der Waals surface area contributed by atoms with Gasteiger partial charge in [-0.15, -0.1) is 0 Å². The second-order valence-electron chi connectivity index (χ2n) is 4.96. The van der Waals surface area contributed by atoms with Gasteiger partial charge in [0.15, 0.2) is 0 Å². The van der Waals surface area contributed by atoms with Crippen molar-refractivity contribution in [3.8, 4) is 0 Å². The summed E-state index contributed by atoms with van der Waals surface area (Å²) in [6.07, 6.45) is 9.66. The second-order valence-corrected chi connectivity index (χ2v) is 12.1. The van der Waals surface area contributed by atoms with Crippen molar-refractivity contribution in [3.63, 3.8) is 0 Å². The molecule has 2 heterocycles. The number of alkyl halides is 2. The number of hydrogen-bond donors (Lipinski definition) is 0. The Morgan fingerprint density at radius 3 is 2.67 bits per heavy atom. The fourth-order valence-electron chi connectivity index (χ4n) is 2.35. The third kappa shape index (κ3) is 3.63. The van der Waals surface area contributed by atoms with Crippen molar-refractivity contribution in [1.29, 1.82) is 0 Å². The molecular formula is C14H20Br2SSe. The van der Waals surface area contributed by atoms with Crippen molar-refractivity contribution < 1.29 is 0 Å². The molecular weight excluding hydrogens is 439 g/mol. The van der Waals surface area contributed by atoms with E-state index >= 15 is 0 Å². The Balaban J connectivity index is 1.75. The Morgan fingerprint density at radius 1 is 1.22 bits per heavy atom. The molecule has 4 heteroatoms. The van der Waals surface area contributed by atoms with E-state index in [1.165, 1.54) is 44.9 Å². The second kappa shape index (κ2) is 7.26. The van der Waals surface area contributed by atoms with E-state index in [9.17, 15) is 0 Å². The predicted molar refractivity (Wildman–Crippen MR) is 91.0 cm³/mol. The van der Waals surface area contributed by atoms with Crippen molar-refractivity contribution in [2.75, 3.05) is 0 Å². The van der Waals surface area contributed by atoms with E-state index in [4.69, 9.17) is 0 Å². The Morgan fingerprint density at radius 2 is 1.94 bits per heavy atom. The van der Waals surface area contributed by atoms with E-state index in [-0.39, 0.29) is 0 Å². The Bertz CT molecular complexity index is 380. The third-order valence-electron chi connectivity index (χ3n) is 3.46. The van der Waals surface area contributed by atoms with E-state index in [2.05, 4.69) is 49.5 Å². The minimum atomic E-state index is 0.337. The summed E-state index contributed by atoms with van der Waals surface area (Å²) in [6, 6.07) is 0. The van der Waals surface area contributed by atoms with Crippen LogP contribution in [0, 0.1) is 0 Å².